The van der Waals surface area contributed by atoms with Crippen molar-refractivity contribution < 1.29 is 9.72 Å². The first-order valence-corrected chi connectivity index (χ1v) is 7.99. The maximum atomic E-state index is 12.2. The third kappa shape index (κ3) is 4.03. The normalized spacial score (nSPS) is 21.8. The monoisotopic (exact) mass is 354 g/mol. The lowest BCUT2D eigenvalue weighted by molar-refractivity contribution is -0.385. The van der Waals surface area contributed by atoms with E-state index in [1.807, 2.05) is 0 Å². The van der Waals surface area contributed by atoms with Crippen LogP contribution in [-0.4, -0.2) is 17.4 Å². The number of amides is 1. The zero-order valence-electron chi connectivity index (χ0n) is 12.0. The maximum Gasteiger partial charge on any atom is 0.284 e. The summed E-state index contributed by atoms with van der Waals surface area (Å²) in [5.74, 6) is 0.962. The first-order valence-electron chi connectivity index (χ1n) is 7.20. The summed E-state index contributed by atoms with van der Waals surface area (Å²) >= 11 is 3.16. The number of hydrogen-bond donors (Lipinski definition) is 1. The molecule has 0 bridgehead atoms. The van der Waals surface area contributed by atoms with Gasteiger partial charge in [-0.1, -0.05) is 25.8 Å². The van der Waals surface area contributed by atoms with Gasteiger partial charge >= 0.3 is 0 Å². The molecule has 0 radical (unpaired) electrons. The van der Waals surface area contributed by atoms with Crippen LogP contribution in [0.4, 0.5) is 5.69 Å². The Labute approximate surface area is 132 Å². The summed E-state index contributed by atoms with van der Waals surface area (Å²) in [4.78, 5) is 22.6. The van der Waals surface area contributed by atoms with Crippen LogP contribution in [0.2, 0.25) is 0 Å². The van der Waals surface area contributed by atoms with E-state index >= 15 is 0 Å². The average Bonchev–Trinajstić information content (AvgIpc) is 2.45. The molecule has 2 rings (SSSR count). The molecule has 1 saturated carbocycles. The van der Waals surface area contributed by atoms with Crippen LogP contribution in [-0.2, 0) is 0 Å². The summed E-state index contributed by atoms with van der Waals surface area (Å²) in [6.07, 6.45) is 4.75. The maximum absolute atomic E-state index is 12.2. The molecule has 6 heteroatoms. The molecule has 1 fully saturated rings. The molecule has 21 heavy (non-hydrogen) atoms. The van der Waals surface area contributed by atoms with Gasteiger partial charge in [0, 0.05) is 12.6 Å². The Morgan fingerprint density at radius 3 is 2.90 bits per heavy atom. The number of benzene rings is 1. The van der Waals surface area contributed by atoms with Gasteiger partial charge in [-0.25, -0.2) is 0 Å². The fraction of sp³-hybridized carbons (Fsp3) is 0.533. The molecule has 1 amide bonds. The van der Waals surface area contributed by atoms with Gasteiger partial charge in [0.15, 0.2) is 0 Å². The Kier molecular flexibility index (Phi) is 5.33. The number of halogens is 1. The first kappa shape index (κ1) is 15.9. The van der Waals surface area contributed by atoms with Crippen LogP contribution in [0, 0.1) is 22.0 Å². The van der Waals surface area contributed by atoms with E-state index in [1.165, 1.54) is 25.0 Å². The molecular formula is C15H19BrN2O3. The van der Waals surface area contributed by atoms with Crippen molar-refractivity contribution >= 4 is 27.5 Å². The minimum atomic E-state index is -0.496. The number of nitrogens with zero attached hydrogens (tertiary/aromatic N) is 1. The van der Waals surface area contributed by atoms with E-state index in [2.05, 4.69) is 28.2 Å². The van der Waals surface area contributed by atoms with E-state index in [9.17, 15) is 14.9 Å². The molecule has 0 heterocycles. The molecule has 1 aliphatic carbocycles. The zero-order chi connectivity index (χ0) is 15.4. The molecule has 1 aromatic rings. The van der Waals surface area contributed by atoms with Crippen molar-refractivity contribution in [1.29, 1.82) is 0 Å². The Hall–Kier alpha value is -1.43. The highest BCUT2D eigenvalue weighted by molar-refractivity contribution is 9.10. The second-order valence-corrected chi connectivity index (χ2v) is 6.54. The van der Waals surface area contributed by atoms with Crippen molar-refractivity contribution in [3.05, 3.63) is 38.3 Å². The van der Waals surface area contributed by atoms with Gasteiger partial charge in [0.25, 0.3) is 11.6 Å². The Morgan fingerprint density at radius 2 is 2.24 bits per heavy atom. The van der Waals surface area contributed by atoms with Crippen molar-refractivity contribution in [3.8, 4) is 0 Å². The fourth-order valence-electron chi connectivity index (χ4n) is 2.91. The van der Waals surface area contributed by atoms with Gasteiger partial charge in [-0.15, -0.1) is 0 Å². The summed E-state index contributed by atoms with van der Waals surface area (Å²) in [5.41, 5.74) is 0.224. The molecule has 1 aromatic carbocycles. The van der Waals surface area contributed by atoms with Crippen LogP contribution in [0.25, 0.3) is 0 Å². The lowest BCUT2D eigenvalue weighted by Crippen LogP contribution is -2.31. The second-order valence-electron chi connectivity index (χ2n) is 5.74. The van der Waals surface area contributed by atoms with Crippen molar-refractivity contribution in [2.45, 2.75) is 32.6 Å². The van der Waals surface area contributed by atoms with Crippen molar-refractivity contribution in [3.63, 3.8) is 0 Å². The lowest BCUT2D eigenvalue weighted by atomic mass is 9.82. The average molecular weight is 355 g/mol. The highest BCUT2D eigenvalue weighted by Gasteiger charge is 2.22. The molecule has 5 nitrogen and oxygen atoms in total. The topological polar surface area (TPSA) is 72.2 Å². The van der Waals surface area contributed by atoms with E-state index in [1.54, 1.807) is 6.07 Å². The van der Waals surface area contributed by atoms with Gasteiger partial charge in [-0.2, -0.15) is 0 Å². The highest BCUT2D eigenvalue weighted by Crippen LogP contribution is 2.29. The van der Waals surface area contributed by atoms with Crippen molar-refractivity contribution in [1.82, 2.24) is 5.32 Å². The molecule has 1 N–H and O–H groups in total. The van der Waals surface area contributed by atoms with Crippen LogP contribution in [0.1, 0.15) is 43.0 Å². The third-order valence-electron chi connectivity index (χ3n) is 4.02. The molecular weight excluding hydrogens is 336 g/mol. The number of nitrogens with one attached hydrogen (secondary N) is 1. The van der Waals surface area contributed by atoms with E-state index in [-0.39, 0.29) is 16.1 Å². The van der Waals surface area contributed by atoms with Gasteiger partial charge in [0.1, 0.15) is 4.47 Å². The minimum absolute atomic E-state index is 0.0889. The van der Waals surface area contributed by atoms with Gasteiger partial charge < -0.3 is 5.32 Å². The van der Waals surface area contributed by atoms with E-state index in [4.69, 9.17) is 0 Å². The summed E-state index contributed by atoms with van der Waals surface area (Å²) in [6, 6.07) is 4.50. The molecule has 2 atom stereocenters. The Morgan fingerprint density at radius 1 is 1.48 bits per heavy atom. The Balaban J connectivity index is 2.00. The van der Waals surface area contributed by atoms with E-state index < -0.39 is 4.92 Å². The number of carbonyl (C=O) groups is 1. The molecule has 1 aliphatic rings. The smallest absolute Gasteiger partial charge is 0.284 e. The van der Waals surface area contributed by atoms with Crippen LogP contribution in [0.15, 0.2) is 22.7 Å². The van der Waals surface area contributed by atoms with Crippen molar-refractivity contribution in [2.75, 3.05) is 6.54 Å². The largest absolute Gasteiger partial charge is 0.352 e. The van der Waals surface area contributed by atoms with Crippen molar-refractivity contribution in [2.24, 2.45) is 11.8 Å². The van der Waals surface area contributed by atoms with Gasteiger partial charge in [0.2, 0.25) is 0 Å². The van der Waals surface area contributed by atoms with E-state index in [0.717, 1.165) is 12.8 Å². The quantitative estimate of drug-likeness (QED) is 0.657. The highest BCUT2D eigenvalue weighted by atomic mass is 79.9. The summed E-state index contributed by atoms with van der Waals surface area (Å²) in [7, 11) is 0. The van der Waals surface area contributed by atoms with Crippen LogP contribution in [0.3, 0.4) is 0 Å². The lowest BCUT2D eigenvalue weighted by Gasteiger charge is -2.26. The van der Waals surface area contributed by atoms with Crippen LogP contribution in [0.5, 0.6) is 0 Å². The van der Waals surface area contributed by atoms with Crippen LogP contribution >= 0.6 is 15.9 Å². The molecule has 2 unspecified atom stereocenters. The number of nitro groups is 1. The SMILES string of the molecule is CC1CCCC(CNC(=O)c2cccc([N+](=O)[O-])c2Br)C1. The predicted octanol–water partition coefficient (Wildman–Crippen LogP) is 3.91. The fourth-order valence-corrected chi connectivity index (χ4v) is 3.50. The summed E-state index contributed by atoms with van der Waals surface area (Å²) in [6.45, 7) is 2.88. The van der Waals surface area contributed by atoms with Gasteiger partial charge in [0.05, 0.1) is 10.5 Å². The molecule has 0 saturated heterocycles. The Bertz CT molecular complexity index is 548. The second kappa shape index (κ2) is 7.02. The molecule has 0 aliphatic heterocycles. The number of carbonyl (C=O) groups excluding carboxylic acids is 1. The molecule has 114 valence electrons. The van der Waals surface area contributed by atoms with Gasteiger partial charge in [-0.3, -0.25) is 14.9 Å². The number of nitro benzene ring substituents is 1. The molecule has 0 aromatic heterocycles. The van der Waals surface area contributed by atoms with E-state index in [0.29, 0.717) is 23.9 Å². The number of hydrogen-bond acceptors (Lipinski definition) is 3. The summed E-state index contributed by atoms with van der Waals surface area (Å²) < 4.78 is 0.240. The third-order valence-corrected chi connectivity index (χ3v) is 4.85. The van der Waals surface area contributed by atoms with Gasteiger partial charge in [-0.05, 0) is 46.7 Å². The standard InChI is InChI=1S/C15H19BrN2O3/c1-10-4-2-5-11(8-10)9-17-15(19)12-6-3-7-13(14(12)16)18(20)21/h3,6-7,10-11H,2,4-5,8-9H2,1H3,(H,17,19). The number of rotatable bonds is 4. The van der Waals surface area contributed by atoms with Crippen LogP contribution < -0.4 is 5.32 Å². The molecule has 0 spiro atoms. The predicted molar refractivity (Wildman–Crippen MR) is 84.3 cm³/mol. The zero-order valence-corrected chi connectivity index (χ0v) is 13.6. The summed E-state index contributed by atoms with van der Waals surface area (Å²) in [5, 5.41) is 13.8. The minimum Gasteiger partial charge on any atom is -0.352 e. The first-order chi connectivity index (χ1) is 9.99.